The number of aliphatic hydroxyl groups is 1. The van der Waals surface area contributed by atoms with Crippen LogP contribution in [0.25, 0.3) is 0 Å². The quantitative estimate of drug-likeness (QED) is 0.856. The molecule has 1 aliphatic rings. The van der Waals surface area contributed by atoms with E-state index in [1.165, 1.54) is 12.8 Å². The van der Waals surface area contributed by atoms with Crippen LogP contribution in [-0.4, -0.2) is 39.3 Å². The van der Waals surface area contributed by atoms with Crippen molar-refractivity contribution in [1.29, 1.82) is 0 Å². The highest BCUT2D eigenvalue weighted by molar-refractivity contribution is 4.89. The minimum Gasteiger partial charge on any atom is -0.387 e. The second kappa shape index (κ2) is 5.60. The van der Waals surface area contributed by atoms with Crippen molar-refractivity contribution in [2.24, 2.45) is 5.92 Å². The van der Waals surface area contributed by atoms with Gasteiger partial charge in [0.25, 0.3) is 5.89 Å². The fourth-order valence-electron chi connectivity index (χ4n) is 2.37. The smallest absolute Gasteiger partial charge is 0.252 e. The second-order valence-electron chi connectivity index (χ2n) is 5.04. The van der Waals surface area contributed by atoms with Crippen molar-refractivity contribution in [2.45, 2.75) is 45.8 Å². The maximum absolute atomic E-state index is 8.85. The minimum atomic E-state index is -0.168. The normalized spacial score (nSPS) is 19.1. The molecule has 0 aromatic carbocycles. The number of nitrogens with zero attached hydrogens (tertiary/aromatic N) is 3. The first-order valence-electron chi connectivity index (χ1n) is 6.35. The van der Waals surface area contributed by atoms with Gasteiger partial charge >= 0.3 is 0 Å². The molecule has 0 bridgehead atoms. The number of hydrogen-bond acceptors (Lipinski definition) is 5. The Morgan fingerprint density at radius 3 is 2.65 bits per heavy atom. The van der Waals surface area contributed by atoms with Crippen LogP contribution >= 0.6 is 0 Å². The van der Waals surface area contributed by atoms with Gasteiger partial charge in [0.1, 0.15) is 6.61 Å². The topological polar surface area (TPSA) is 62.4 Å². The van der Waals surface area contributed by atoms with Crippen molar-refractivity contribution in [2.75, 3.05) is 13.1 Å². The van der Waals surface area contributed by atoms with Crippen LogP contribution in [0, 0.1) is 5.92 Å². The Kier molecular flexibility index (Phi) is 4.12. The molecule has 0 aliphatic carbocycles. The monoisotopic (exact) mass is 239 g/mol. The molecule has 96 valence electrons. The number of piperidine rings is 1. The van der Waals surface area contributed by atoms with Gasteiger partial charge in [0.2, 0.25) is 0 Å². The highest BCUT2D eigenvalue weighted by Crippen LogP contribution is 2.21. The molecule has 1 aromatic rings. The van der Waals surface area contributed by atoms with Gasteiger partial charge < -0.3 is 14.5 Å². The fourth-order valence-corrected chi connectivity index (χ4v) is 2.37. The van der Waals surface area contributed by atoms with E-state index in [1.54, 1.807) is 0 Å². The third-order valence-corrected chi connectivity index (χ3v) is 3.50. The number of likely N-dealkylation sites (tertiary alicyclic amines) is 1. The van der Waals surface area contributed by atoms with Crippen molar-refractivity contribution in [3.8, 4) is 0 Å². The van der Waals surface area contributed by atoms with Crippen molar-refractivity contribution < 1.29 is 9.63 Å². The van der Waals surface area contributed by atoms with Gasteiger partial charge in [-0.3, -0.25) is 0 Å². The molecule has 1 saturated heterocycles. The molecule has 0 spiro atoms. The minimum absolute atomic E-state index is 0.168. The Bertz CT molecular complexity index is 343. The van der Waals surface area contributed by atoms with Crippen LogP contribution in [0.2, 0.25) is 0 Å². The van der Waals surface area contributed by atoms with E-state index < -0.39 is 0 Å². The van der Waals surface area contributed by atoms with Crippen LogP contribution in [0.3, 0.4) is 0 Å². The lowest BCUT2D eigenvalue weighted by Crippen LogP contribution is -2.38. The van der Waals surface area contributed by atoms with Gasteiger partial charge in [-0.25, -0.2) is 0 Å². The van der Waals surface area contributed by atoms with Crippen molar-refractivity contribution in [3.63, 3.8) is 0 Å². The standard InChI is InChI=1S/C12H21N3O2/c1-9(2)15-5-3-10(4-6-15)7-11-13-12(8-16)17-14-11/h9-10,16H,3-8H2,1-2H3. The van der Waals surface area contributed by atoms with E-state index in [4.69, 9.17) is 9.63 Å². The summed E-state index contributed by atoms with van der Waals surface area (Å²) in [6.07, 6.45) is 3.26. The van der Waals surface area contributed by atoms with E-state index in [-0.39, 0.29) is 6.61 Å². The van der Waals surface area contributed by atoms with Gasteiger partial charge in [-0.15, -0.1) is 0 Å². The van der Waals surface area contributed by atoms with Gasteiger partial charge in [-0.05, 0) is 45.7 Å². The molecule has 0 atom stereocenters. The molecule has 1 fully saturated rings. The van der Waals surface area contributed by atoms with Crippen molar-refractivity contribution in [3.05, 3.63) is 11.7 Å². The van der Waals surface area contributed by atoms with Crippen LogP contribution in [-0.2, 0) is 13.0 Å². The summed E-state index contributed by atoms with van der Waals surface area (Å²) in [5.74, 6) is 1.70. The van der Waals surface area contributed by atoms with E-state index in [2.05, 4.69) is 28.9 Å². The average molecular weight is 239 g/mol. The summed E-state index contributed by atoms with van der Waals surface area (Å²) >= 11 is 0. The largest absolute Gasteiger partial charge is 0.387 e. The van der Waals surface area contributed by atoms with Crippen molar-refractivity contribution in [1.82, 2.24) is 15.0 Å². The lowest BCUT2D eigenvalue weighted by molar-refractivity contribution is 0.148. The molecule has 0 saturated carbocycles. The van der Waals surface area contributed by atoms with Crippen molar-refractivity contribution >= 4 is 0 Å². The summed E-state index contributed by atoms with van der Waals surface area (Å²) in [6.45, 7) is 6.64. The van der Waals surface area contributed by atoms with Gasteiger partial charge in [0, 0.05) is 12.5 Å². The lowest BCUT2D eigenvalue weighted by atomic mass is 9.93. The average Bonchev–Trinajstić information content (AvgIpc) is 2.77. The fraction of sp³-hybridized carbons (Fsp3) is 0.833. The number of aliphatic hydroxyl groups excluding tert-OH is 1. The van der Waals surface area contributed by atoms with Crippen LogP contribution in [0.1, 0.15) is 38.4 Å². The molecule has 17 heavy (non-hydrogen) atoms. The van der Waals surface area contributed by atoms with E-state index >= 15 is 0 Å². The molecule has 5 nitrogen and oxygen atoms in total. The van der Waals surface area contributed by atoms with E-state index in [0.29, 0.717) is 17.9 Å². The zero-order valence-corrected chi connectivity index (χ0v) is 10.6. The molecule has 5 heteroatoms. The van der Waals surface area contributed by atoms with Crippen LogP contribution in [0.15, 0.2) is 4.52 Å². The molecule has 0 unspecified atom stereocenters. The predicted molar refractivity (Wildman–Crippen MR) is 63.4 cm³/mol. The molecule has 2 rings (SSSR count). The number of hydrogen-bond donors (Lipinski definition) is 1. The first-order chi connectivity index (χ1) is 8.19. The van der Waals surface area contributed by atoms with E-state index in [0.717, 1.165) is 25.3 Å². The van der Waals surface area contributed by atoms with E-state index in [9.17, 15) is 0 Å². The molecule has 2 heterocycles. The molecule has 1 aliphatic heterocycles. The first kappa shape index (κ1) is 12.5. The van der Waals surface area contributed by atoms with Gasteiger partial charge in [0.15, 0.2) is 5.82 Å². The van der Waals surface area contributed by atoms with E-state index in [1.807, 2.05) is 0 Å². The molecule has 1 aromatic heterocycles. The predicted octanol–water partition coefficient (Wildman–Crippen LogP) is 1.22. The number of aromatic nitrogens is 2. The molecule has 0 amide bonds. The Labute approximate surface area is 102 Å². The zero-order valence-electron chi connectivity index (χ0n) is 10.6. The highest BCUT2D eigenvalue weighted by Gasteiger charge is 2.22. The van der Waals surface area contributed by atoms with Crippen LogP contribution < -0.4 is 0 Å². The summed E-state index contributed by atoms with van der Waals surface area (Å²) in [5.41, 5.74) is 0. The van der Waals surface area contributed by atoms with Crippen LogP contribution in [0.4, 0.5) is 0 Å². The third kappa shape index (κ3) is 3.26. The van der Waals surface area contributed by atoms with Gasteiger partial charge in [-0.2, -0.15) is 4.98 Å². The van der Waals surface area contributed by atoms with Crippen LogP contribution in [0.5, 0.6) is 0 Å². The summed E-state index contributed by atoms with van der Waals surface area (Å²) in [5, 5.41) is 12.7. The molecular weight excluding hydrogens is 218 g/mol. The summed E-state index contributed by atoms with van der Waals surface area (Å²) in [4.78, 5) is 6.64. The maximum Gasteiger partial charge on any atom is 0.252 e. The second-order valence-corrected chi connectivity index (χ2v) is 5.04. The highest BCUT2D eigenvalue weighted by atomic mass is 16.5. The third-order valence-electron chi connectivity index (χ3n) is 3.50. The maximum atomic E-state index is 8.85. The van der Waals surface area contributed by atoms with Gasteiger partial charge in [-0.1, -0.05) is 5.16 Å². The first-order valence-corrected chi connectivity index (χ1v) is 6.35. The number of rotatable bonds is 4. The van der Waals surface area contributed by atoms with Gasteiger partial charge in [0.05, 0.1) is 0 Å². The summed E-state index contributed by atoms with van der Waals surface area (Å²) in [6, 6.07) is 0.641. The zero-order chi connectivity index (χ0) is 12.3. The Morgan fingerprint density at radius 2 is 2.12 bits per heavy atom. The molecule has 0 radical (unpaired) electrons. The lowest BCUT2D eigenvalue weighted by Gasteiger charge is -2.34. The molecular formula is C12H21N3O2. The summed E-state index contributed by atoms with van der Waals surface area (Å²) < 4.78 is 4.89. The Morgan fingerprint density at radius 1 is 1.41 bits per heavy atom. The Hall–Kier alpha value is -0.940. The molecule has 1 N–H and O–H groups in total. The summed E-state index contributed by atoms with van der Waals surface area (Å²) in [7, 11) is 0. The SMILES string of the molecule is CC(C)N1CCC(Cc2noc(CO)n2)CC1. The Balaban J connectivity index is 1.81.